The van der Waals surface area contributed by atoms with Gasteiger partial charge in [0.05, 0.1) is 29.5 Å². The summed E-state index contributed by atoms with van der Waals surface area (Å²) in [5.41, 5.74) is 6.35. The minimum absolute atomic E-state index is 0.189. The molecule has 0 saturated carbocycles. The molecule has 0 spiro atoms. The third-order valence-electron chi connectivity index (χ3n) is 2.80. The van der Waals surface area contributed by atoms with E-state index in [0.717, 1.165) is 12.8 Å². The summed E-state index contributed by atoms with van der Waals surface area (Å²) >= 11 is 5.78. The largest absolute Gasteiger partial charge is 0.466 e. The number of unbranched alkanes of at least 4 members (excludes halogenated alkanes) is 2. The van der Waals surface area contributed by atoms with E-state index in [2.05, 4.69) is 0 Å². The van der Waals surface area contributed by atoms with Gasteiger partial charge in [0.15, 0.2) is 0 Å². The highest BCUT2D eigenvalue weighted by Gasteiger charge is 2.09. The molecule has 0 aliphatic rings. The van der Waals surface area contributed by atoms with E-state index in [1.165, 1.54) is 6.07 Å². The number of benzene rings is 1. The number of ether oxygens (including phenoxy) is 2. The molecule has 0 heterocycles. The van der Waals surface area contributed by atoms with Crippen molar-refractivity contribution in [3.05, 3.63) is 28.8 Å². The molecule has 0 radical (unpaired) electrons. The summed E-state index contributed by atoms with van der Waals surface area (Å²) in [6.45, 7) is 2.49. The second-order valence-corrected chi connectivity index (χ2v) is 4.90. The highest BCUT2D eigenvalue weighted by Crippen LogP contribution is 2.20. The Labute approximate surface area is 129 Å². The first-order chi connectivity index (χ1) is 10.0. The number of esters is 2. The summed E-state index contributed by atoms with van der Waals surface area (Å²) in [5, 5.41) is 0.408. The molecule has 0 atom stereocenters. The molecular formula is C15H20ClNO4. The maximum Gasteiger partial charge on any atom is 0.338 e. The number of halogens is 1. The van der Waals surface area contributed by atoms with Crippen LogP contribution < -0.4 is 5.73 Å². The fraction of sp³-hybridized carbons (Fsp3) is 0.467. The van der Waals surface area contributed by atoms with Crippen molar-refractivity contribution in [2.45, 2.75) is 32.6 Å². The average Bonchev–Trinajstić information content (AvgIpc) is 2.45. The first-order valence-corrected chi connectivity index (χ1v) is 7.30. The third kappa shape index (κ3) is 6.49. The standard InChI is InChI=1S/C15H20ClNO4/c1-2-20-14(18)6-4-3-5-9-21-15(19)11-7-8-12(16)13(17)10-11/h7-8,10H,2-6,9,17H2,1H3. The average molecular weight is 314 g/mol. The van der Waals surface area contributed by atoms with Crippen molar-refractivity contribution in [2.24, 2.45) is 0 Å². The van der Waals surface area contributed by atoms with E-state index >= 15 is 0 Å². The Morgan fingerprint density at radius 3 is 2.62 bits per heavy atom. The van der Waals surface area contributed by atoms with Crippen LogP contribution >= 0.6 is 11.6 Å². The van der Waals surface area contributed by atoms with Crippen molar-refractivity contribution in [1.82, 2.24) is 0 Å². The Kier molecular flexibility index (Phi) is 7.61. The Hall–Kier alpha value is -1.75. The normalized spacial score (nSPS) is 10.2. The Morgan fingerprint density at radius 2 is 1.95 bits per heavy atom. The van der Waals surface area contributed by atoms with Gasteiger partial charge in [-0.1, -0.05) is 11.6 Å². The van der Waals surface area contributed by atoms with E-state index < -0.39 is 5.97 Å². The molecule has 0 aromatic heterocycles. The topological polar surface area (TPSA) is 78.6 Å². The summed E-state index contributed by atoms with van der Waals surface area (Å²) < 4.78 is 9.94. The van der Waals surface area contributed by atoms with Gasteiger partial charge in [-0.25, -0.2) is 4.79 Å². The zero-order valence-electron chi connectivity index (χ0n) is 12.1. The van der Waals surface area contributed by atoms with E-state index in [1.54, 1.807) is 19.1 Å². The van der Waals surface area contributed by atoms with Crippen molar-refractivity contribution in [2.75, 3.05) is 18.9 Å². The molecule has 116 valence electrons. The number of carbonyl (C=O) groups excluding carboxylic acids is 2. The number of hydrogen-bond acceptors (Lipinski definition) is 5. The highest BCUT2D eigenvalue weighted by molar-refractivity contribution is 6.33. The molecule has 5 nitrogen and oxygen atoms in total. The monoisotopic (exact) mass is 313 g/mol. The molecule has 1 rings (SSSR count). The molecule has 0 unspecified atom stereocenters. The Balaban J connectivity index is 2.19. The van der Waals surface area contributed by atoms with Crippen LogP contribution in [0.1, 0.15) is 43.0 Å². The maximum absolute atomic E-state index is 11.7. The number of hydrogen-bond donors (Lipinski definition) is 1. The summed E-state index contributed by atoms with van der Waals surface area (Å²) in [6, 6.07) is 4.63. The fourth-order valence-corrected chi connectivity index (χ4v) is 1.82. The molecule has 0 aliphatic carbocycles. The predicted molar refractivity (Wildman–Crippen MR) is 81.2 cm³/mol. The number of nitrogens with two attached hydrogens (primary N) is 1. The zero-order chi connectivity index (χ0) is 15.7. The van der Waals surface area contributed by atoms with E-state index in [-0.39, 0.29) is 5.97 Å². The van der Waals surface area contributed by atoms with Gasteiger partial charge in [-0.15, -0.1) is 0 Å². The minimum atomic E-state index is -0.427. The van der Waals surface area contributed by atoms with Crippen molar-refractivity contribution in [3.63, 3.8) is 0 Å². The van der Waals surface area contributed by atoms with Gasteiger partial charge in [-0.2, -0.15) is 0 Å². The van der Waals surface area contributed by atoms with Crippen molar-refractivity contribution in [3.8, 4) is 0 Å². The van der Waals surface area contributed by atoms with E-state index in [0.29, 0.717) is 42.3 Å². The second-order valence-electron chi connectivity index (χ2n) is 4.49. The van der Waals surface area contributed by atoms with Crippen LogP contribution in [0, 0.1) is 0 Å². The summed E-state index contributed by atoms with van der Waals surface area (Å²) in [5.74, 6) is -0.616. The lowest BCUT2D eigenvalue weighted by Crippen LogP contribution is -2.07. The summed E-state index contributed by atoms with van der Waals surface area (Å²) in [7, 11) is 0. The van der Waals surface area contributed by atoms with Crippen LogP contribution in [0.4, 0.5) is 5.69 Å². The van der Waals surface area contributed by atoms with Gasteiger partial charge in [0.2, 0.25) is 0 Å². The molecule has 0 bridgehead atoms. The Bertz CT molecular complexity index is 491. The molecule has 0 amide bonds. The van der Waals surface area contributed by atoms with Crippen LogP contribution in [-0.4, -0.2) is 25.2 Å². The molecule has 0 aliphatic heterocycles. The van der Waals surface area contributed by atoms with Crippen LogP contribution in [0.15, 0.2) is 18.2 Å². The minimum Gasteiger partial charge on any atom is -0.466 e. The fourth-order valence-electron chi connectivity index (χ4n) is 1.70. The van der Waals surface area contributed by atoms with Crippen LogP contribution in [0.2, 0.25) is 5.02 Å². The summed E-state index contributed by atoms with van der Waals surface area (Å²) in [6.07, 6.45) is 2.63. The molecular weight excluding hydrogens is 294 g/mol. The number of carbonyl (C=O) groups is 2. The maximum atomic E-state index is 11.7. The molecule has 2 N–H and O–H groups in total. The molecule has 0 saturated heterocycles. The Morgan fingerprint density at radius 1 is 1.19 bits per heavy atom. The van der Waals surface area contributed by atoms with Gasteiger partial charge >= 0.3 is 11.9 Å². The zero-order valence-corrected chi connectivity index (χ0v) is 12.8. The molecule has 6 heteroatoms. The van der Waals surface area contributed by atoms with Crippen molar-refractivity contribution in [1.29, 1.82) is 0 Å². The predicted octanol–water partition coefficient (Wildman–Crippen LogP) is 3.20. The van der Waals surface area contributed by atoms with Crippen LogP contribution in [0.5, 0.6) is 0 Å². The van der Waals surface area contributed by atoms with Gasteiger partial charge in [-0.05, 0) is 44.4 Å². The quantitative estimate of drug-likeness (QED) is 0.453. The number of rotatable bonds is 8. The van der Waals surface area contributed by atoms with Gasteiger partial charge < -0.3 is 15.2 Å². The van der Waals surface area contributed by atoms with Crippen molar-refractivity contribution < 1.29 is 19.1 Å². The smallest absolute Gasteiger partial charge is 0.338 e. The van der Waals surface area contributed by atoms with E-state index in [1.807, 2.05) is 0 Å². The number of anilines is 1. The first kappa shape index (κ1) is 17.3. The van der Waals surface area contributed by atoms with E-state index in [4.69, 9.17) is 26.8 Å². The molecule has 1 aromatic rings. The lowest BCUT2D eigenvalue weighted by molar-refractivity contribution is -0.143. The first-order valence-electron chi connectivity index (χ1n) is 6.92. The molecule has 1 aromatic carbocycles. The van der Waals surface area contributed by atoms with E-state index in [9.17, 15) is 9.59 Å². The van der Waals surface area contributed by atoms with Gasteiger partial charge in [0.1, 0.15) is 0 Å². The molecule has 21 heavy (non-hydrogen) atoms. The van der Waals surface area contributed by atoms with Gasteiger partial charge in [0.25, 0.3) is 0 Å². The van der Waals surface area contributed by atoms with Crippen LogP contribution in [-0.2, 0) is 14.3 Å². The van der Waals surface area contributed by atoms with Crippen molar-refractivity contribution >= 4 is 29.2 Å². The lowest BCUT2D eigenvalue weighted by atomic mass is 10.2. The van der Waals surface area contributed by atoms with Crippen LogP contribution in [0.25, 0.3) is 0 Å². The summed E-state index contributed by atoms with van der Waals surface area (Å²) in [4.78, 5) is 22.8. The number of nitrogen functional groups attached to an aromatic ring is 1. The second kappa shape index (κ2) is 9.23. The molecule has 0 fully saturated rings. The highest BCUT2D eigenvalue weighted by atomic mass is 35.5. The van der Waals surface area contributed by atoms with Gasteiger partial charge in [-0.3, -0.25) is 4.79 Å². The van der Waals surface area contributed by atoms with Crippen LogP contribution in [0.3, 0.4) is 0 Å². The third-order valence-corrected chi connectivity index (χ3v) is 3.14. The SMILES string of the molecule is CCOC(=O)CCCCCOC(=O)c1ccc(Cl)c(N)c1. The lowest BCUT2D eigenvalue weighted by Gasteiger charge is -2.06. The van der Waals surface area contributed by atoms with Gasteiger partial charge in [0, 0.05) is 6.42 Å².